The third kappa shape index (κ3) is 134. The molecule has 0 aromatic carbocycles. The maximum Gasteiger partial charge on any atom is 0.307 e. The fourth-order valence-corrected chi connectivity index (χ4v) is 9.68. The van der Waals surface area contributed by atoms with Crippen LogP contribution in [0.5, 0.6) is 0 Å². The van der Waals surface area contributed by atoms with Gasteiger partial charge in [0.25, 0.3) is 0 Å². The lowest BCUT2D eigenvalue weighted by Gasteiger charge is -2.27. The van der Waals surface area contributed by atoms with Crippen molar-refractivity contribution in [2.24, 2.45) is 0 Å². The fourth-order valence-electron chi connectivity index (χ4n) is 9.68. The van der Waals surface area contributed by atoms with Gasteiger partial charge in [-0.15, -0.1) is 0 Å². The van der Waals surface area contributed by atoms with Gasteiger partial charge in [-0.2, -0.15) is 0 Å². The van der Waals surface area contributed by atoms with E-state index in [0.29, 0.717) is 203 Å². The van der Waals surface area contributed by atoms with Crippen molar-refractivity contribution in [2.75, 3.05) is 184 Å². The van der Waals surface area contributed by atoms with Gasteiger partial charge in [-0.05, 0) is 142 Å². The minimum atomic E-state index is -0.274. The third-order valence-electron chi connectivity index (χ3n) is 16.0. The summed E-state index contributed by atoms with van der Waals surface area (Å²) in [5.74, 6) is -2.32. The van der Waals surface area contributed by atoms with E-state index >= 15 is 0 Å². The zero-order valence-corrected chi connectivity index (χ0v) is 75.0. The van der Waals surface area contributed by atoms with Crippen molar-refractivity contribution in [3.05, 3.63) is 0 Å². The van der Waals surface area contributed by atoms with Gasteiger partial charge < -0.3 is 87.1 Å². The van der Waals surface area contributed by atoms with Crippen LogP contribution in [0, 0.1) is 0 Å². The van der Waals surface area contributed by atoms with E-state index in [-0.39, 0.29) is 201 Å². The molecule has 0 aromatic rings. The minimum Gasteiger partial charge on any atom is -0.466 e. The molecule has 0 bridgehead atoms. The zero-order chi connectivity index (χ0) is 87.6. The van der Waals surface area contributed by atoms with Gasteiger partial charge in [-0.25, -0.2) is 0 Å². The SMILES string of the molecule is C.C.C.C.C.C.C.C.C.C.C.C.C.C.CCCNCCC(=O)OCCC.CCCOC(=O)CCCCCN(CCC(=O)OCCC)CCC(=O)OCCC.CCCOC(=O)CCCCCNCCC(=O)OCCC.CCCOC(=O)CCN(CCC(=O)OCCC)CCN(CCC(=O)OCCC)CCC(=O)OCCC.CCCOC(=O)CCN(CCC)CCC(=O)OCCC. The third-order valence-corrected chi connectivity index (χ3v) is 16.0. The van der Waals surface area contributed by atoms with Crippen LogP contribution >= 0.6 is 0 Å². The van der Waals surface area contributed by atoms with E-state index in [2.05, 4.69) is 34.3 Å². The number of ether oxygens (including phenoxy) is 12. The highest BCUT2D eigenvalue weighted by Gasteiger charge is 2.19. The summed E-state index contributed by atoms with van der Waals surface area (Å²) in [5.41, 5.74) is 0. The lowest BCUT2D eigenvalue weighted by molar-refractivity contribution is -0.146. The van der Waals surface area contributed by atoms with E-state index in [4.69, 9.17) is 56.8 Å². The first-order chi connectivity index (χ1) is 56.0. The van der Waals surface area contributed by atoms with Crippen LogP contribution < -0.4 is 10.6 Å². The van der Waals surface area contributed by atoms with Crippen LogP contribution in [0.1, 0.15) is 406 Å². The second-order valence-electron chi connectivity index (χ2n) is 27.6. The van der Waals surface area contributed by atoms with E-state index in [0.717, 1.165) is 161 Å². The molecule has 0 amide bonds. The fraction of sp³-hybridized carbons (Fsp3) is 0.880. The van der Waals surface area contributed by atoms with Crippen molar-refractivity contribution in [1.82, 2.24) is 30.2 Å². The summed E-state index contributed by atoms with van der Waals surface area (Å²) in [7, 11) is 0. The topological polar surface area (TPSA) is 353 Å². The Morgan fingerprint density at radius 1 is 0.154 bits per heavy atom. The summed E-state index contributed by atoms with van der Waals surface area (Å²) in [5, 5.41) is 6.34. The number of rotatable bonds is 73. The Bertz CT molecular complexity index is 2210. The molecule has 0 radical (unpaired) electrons. The Hall–Kier alpha value is -6.60. The molecular formula is C100H220N6O24. The average Bonchev–Trinajstić information content (AvgIpc) is 0.936. The Labute approximate surface area is 802 Å². The molecule has 0 fully saturated rings. The van der Waals surface area contributed by atoms with Crippen molar-refractivity contribution in [2.45, 2.75) is 406 Å². The van der Waals surface area contributed by atoms with Gasteiger partial charge in [0.2, 0.25) is 0 Å². The van der Waals surface area contributed by atoms with E-state index < -0.39 is 0 Å². The molecule has 2 N–H and O–H groups in total. The van der Waals surface area contributed by atoms with Crippen LogP contribution in [-0.4, -0.2) is 275 Å². The van der Waals surface area contributed by atoms with Gasteiger partial charge >= 0.3 is 71.6 Å². The van der Waals surface area contributed by atoms with Gasteiger partial charge in [0.05, 0.1) is 143 Å². The predicted molar refractivity (Wildman–Crippen MR) is 544 cm³/mol. The normalized spacial score (nSPS) is 9.46. The first-order valence-corrected chi connectivity index (χ1v) is 44.2. The van der Waals surface area contributed by atoms with Crippen LogP contribution in [0.15, 0.2) is 0 Å². The largest absolute Gasteiger partial charge is 0.466 e. The smallest absolute Gasteiger partial charge is 0.307 e. The highest BCUT2D eigenvalue weighted by molar-refractivity contribution is 5.73. The van der Waals surface area contributed by atoms with Crippen LogP contribution in [0.25, 0.3) is 0 Å². The number of carbonyl (C=O) groups excluding carboxylic acids is 12. The maximum atomic E-state index is 12.0. The summed E-state index contributed by atoms with van der Waals surface area (Å²) in [6.07, 6.45) is 21.4. The van der Waals surface area contributed by atoms with Gasteiger partial charge in [0, 0.05) is 91.4 Å². The number of hydrogen-bond donors (Lipinski definition) is 2. The van der Waals surface area contributed by atoms with Gasteiger partial charge in [-0.3, -0.25) is 57.5 Å². The van der Waals surface area contributed by atoms with Gasteiger partial charge in [0.1, 0.15) is 0 Å². The number of hydrogen-bond acceptors (Lipinski definition) is 30. The number of unbranched alkanes of at least 4 members (excludes halogenated alkanes) is 4. The first kappa shape index (κ1) is 170. The Morgan fingerprint density at radius 3 is 0.515 bits per heavy atom. The Morgan fingerprint density at radius 2 is 0.323 bits per heavy atom. The van der Waals surface area contributed by atoms with Crippen LogP contribution in [0.2, 0.25) is 0 Å². The zero-order valence-electron chi connectivity index (χ0n) is 75.0. The number of nitrogens with one attached hydrogen (secondary N) is 2. The summed E-state index contributed by atoms with van der Waals surface area (Å²) in [6.45, 7) is 43.3. The molecule has 0 atom stereocenters. The molecule has 0 aliphatic rings. The van der Waals surface area contributed by atoms with Crippen molar-refractivity contribution in [3.8, 4) is 0 Å². The highest BCUT2D eigenvalue weighted by Crippen LogP contribution is 2.10. The maximum absolute atomic E-state index is 12.0. The molecule has 0 aromatic heterocycles. The highest BCUT2D eigenvalue weighted by atomic mass is 16.6. The van der Waals surface area contributed by atoms with Crippen LogP contribution in [0.4, 0.5) is 0 Å². The quantitative estimate of drug-likeness (QED) is 0.0324. The molecule has 0 spiro atoms. The number of carbonyl (C=O) groups is 12. The molecule has 0 heterocycles. The number of esters is 12. The van der Waals surface area contributed by atoms with Crippen molar-refractivity contribution in [3.63, 3.8) is 0 Å². The van der Waals surface area contributed by atoms with E-state index in [1.54, 1.807) is 0 Å². The molecule has 30 heteroatoms. The molecule has 0 aliphatic heterocycles. The summed E-state index contributed by atoms with van der Waals surface area (Å²) >= 11 is 0. The van der Waals surface area contributed by atoms with Crippen molar-refractivity contribution >= 4 is 71.6 Å². The van der Waals surface area contributed by atoms with Gasteiger partial charge in [-0.1, -0.05) is 214 Å². The molecule has 0 saturated heterocycles. The lowest BCUT2D eigenvalue weighted by Crippen LogP contribution is -2.39. The minimum absolute atomic E-state index is 0. The standard InChI is InChI=1S/C26H48N2O8.C21H39NO6.2C15H29NO4.C9H19NO2.14CH4/c1-5-19-33-23(29)9-13-27(14-10-24(30)34-20-6-2)17-18-28(15-11-25(31)35-21-7-3)16-12-26(32)36-22-8-4;1-4-16-26-19(23)10-8-7-9-13-22(14-11-20(24)27-17-5-2)15-12-21(25)28-18-6-3;1-4-9-16(10-7-14(17)19-12-5-2)11-8-15(18)20-13-6-3;1-3-12-19-14(17)8-6-5-7-10-16-11-9-15(18)20-13-4-2;1-3-6-10-7-5-9(11)12-8-4-2;;;;;;;;;;;;;;/h5-22H2,1-4H3;4-18H2,1-3H3;4-13H2,1-3H3;16H,3-13H2,1-2H3;10H,3-8H2,1-2H3;14*1H4. The second kappa shape index (κ2) is 135. The van der Waals surface area contributed by atoms with Crippen molar-refractivity contribution in [1.29, 1.82) is 0 Å². The predicted octanol–water partition coefficient (Wildman–Crippen LogP) is 21.5. The van der Waals surface area contributed by atoms with E-state index in [1.807, 2.05) is 92.9 Å². The van der Waals surface area contributed by atoms with Gasteiger partial charge in [0.15, 0.2) is 0 Å². The Kier molecular flexibility index (Phi) is 177. The molecule has 794 valence electrons. The second-order valence-corrected chi connectivity index (χ2v) is 27.6. The van der Waals surface area contributed by atoms with E-state index in [9.17, 15) is 57.5 Å². The number of nitrogens with zero attached hydrogens (tertiary/aromatic N) is 4. The molecular weight excluding hydrogens is 1670 g/mol. The molecule has 30 nitrogen and oxygen atoms in total. The molecule has 0 aliphatic carbocycles. The molecule has 130 heavy (non-hydrogen) atoms. The summed E-state index contributed by atoms with van der Waals surface area (Å²) < 4.78 is 60.9. The van der Waals surface area contributed by atoms with Crippen LogP contribution in [-0.2, 0) is 114 Å². The molecule has 0 rings (SSSR count). The average molecular weight is 1890 g/mol. The summed E-state index contributed by atoms with van der Waals surface area (Å²) in [4.78, 5) is 147. The Balaban J connectivity index is -0.0000000702. The van der Waals surface area contributed by atoms with E-state index in [1.165, 1.54) is 0 Å². The monoisotopic (exact) mass is 1890 g/mol. The molecule has 0 unspecified atom stereocenters. The molecule has 0 saturated carbocycles. The first-order valence-electron chi connectivity index (χ1n) is 44.2. The lowest BCUT2D eigenvalue weighted by atomic mass is 10.2. The summed E-state index contributed by atoms with van der Waals surface area (Å²) in [6, 6.07) is 0. The van der Waals surface area contributed by atoms with Crippen molar-refractivity contribution < 1.29 is 114 Å². The van der Waals surface area contributed by atoms with Crippen LogP contribution in [0.3, 0.4) is 0 Å².